The lowest BCUT2D eigenvalue weighted by molar-refractivity contribution is -0.0174. The molecule has 0 saturated heterocycles. The van der Waals surface area contributed by atoms with E-state index in [0.717, 1.165) is 11.3 Å². The van der Waals surface area contributed by atoms with Crippen LogP contribution in [0.2, 0.25) is 0 Å². The van der Waals surface area contributed by atoms with Crippen LogP contribution in [-0.4, -0.2) is 11.9 Å². The van der Waals surface area contributed by atoms with Crippen LogP contribution in [0, 0.1) is 0 Å². The smallest absolute Gasteiger partial charge is 0.189 e. The van der Waals surface area contributed by atoms with Crippen molar-refractivity contribution in [2.24, 2.45) is 0 Å². The van der Waals surface area contributed by atoms with Gasteiger partial charge >= 0.3 is 0 Å². The van der Waals surface area contributed by atoms with Crippen LogP contribution in [0.5, 0.6) is 11.5 Å². The van der Waals surface area contributed by atoms with Crippen molar-refractivity contribution in [1.29, 1.82) is 0 Å². The van der Waals surface area contributed by atoms with Gasteiger partial charge in [-0.1, -0.05) is 6.07 Å². The van der Waals surface area contributed by atoms with Gasteiger partial charge in [-0.15, -0.1) is 0 Å². The van der Waals surface area contributed by atoms with Crippen LogP contribution in [0.4, 0.5) is 0 Å². The van der Waals surface area contributed by atoms with Gasteiger partial charge in [0, 0.05) is 0 Å². The number of benzene rings is 1. The first-order chi connectivity index (χ1) is 5.38. The number of phenols is 1. The van der Waals surface area contributed by atoms with Gasteiger partial charge in [0.2, 0.25) is 0 Å². The second-order valence-corrected chi connectivity index (χ2v) is 2.36. The van der Waals surface area contributed by atoms with E-state index in [1.807, 2.05) is 6.07 Å². The Labute approximate surface area is 64.2 Å². The van der Waals surface area contributed by atoms with Gasteiger partial charge in [-0.25, -0.2) is 0 Å². The Kier molecular flexibility index (Phi) is 1.43. The van der Waals surface area contributed by atoms with Crippen molar-refractivity contribution < 1.29 is 14.6 Å². The molecular formula is C8H8O3. The third kappa shape index (κ3) is 1.03. The Balaban J connectivity index is 2.49. The molecule has 58 valence electrons. The lowest BCUT2D eigenvalue weighted by atomic mass is 10.2. The summed E-state index contributed by atoms with van der Waals surface area (Å²) in [7, 11) is 0. The van der Waals surface area contributed by atoms with E-state index in [0.29, 0.717) is 6.61 Å². The monoisotopic (exact) mass is 152 g/mol. The molecule has 0 radical (unpaired) electrons. The molecule has 0 atom stereocenters. The van der Waals surface area contributed by atoms with E-state index >= 15 is 0 Å². The van der Waals surface area contributed by atoms with E-state index < -0.39 is 0 Å². The van der Waals surface area contributed by atoms with Crippen LogP contribution in [-0.2, 0) is 11.3 Å². The molecule has 1 aliphatic rings. The van der Waals surface area contributed by atoms with Gasteiger partial charge in [-0.3, -0.25) is 0 Å². The predicted octanol–water partition coefficient (Wildman–Crippen LogP) is 1.26. The fourth-order valence-electron chi connectivity index (χ4n) is 1.08. The Morgan fingerprint density at radius 1 is 1.36 bits per heavy atom. The second-order valence-electron chi connectivity index (χ2n) is 2.36. The first-order valence-corrected chi connectivity index (χ1v) is 3.39. The minimum atomic E-state index is 0.238. The van der Waals surface area contributed by atoms with Gasteiger partial charge in [0.05, 0.1) is 12.2 Å². The third-order valence-corrected chi connectivity index (χ3v) is 1.65. The molecule has 11 heavy (non-hydrogen) atoms. The lowest BCUT2D eigenvalue weighted by Crippen LogP contribution is -2.10. The molecule has 0 aliphatic carbocycles. The summed E-state index contributed by atoms with van der Waals surface area (Å²) < 4.78 is 10.1. The molecule has 1 aliphatic heterocycles. The van der Waals surface area contributed by atoms with Crippen molar-refractivity contribution in [2.45, 2.75) is 6.61 Å². The SMILES string of the molecule is Oc1cccc2c1COCO2. The fraction of sp³-hybridized carbons (Fsp3) is 0.250. The molecule has 3 nitrogen and oxygen atoms in total. The van der Waals surface area contributed by atoms with Gasteiger partial charge < -0.3 is 14.6 Å². The molecule has 1 aromatic rings. The lowest BCUT2D eigenvalue weighted by Gasteiger charge is -2.17. The molecule has 2 rings (SSSR count). The van der Waals surface area contributed by atoms with E-state index in [-0.39, 0.29) is 12.5 Å². The zero-order valence-electron chi connectivity index (χ0n) is 5.91. The summed E-state index contributed by atoms with van der Waals surface area (Å²) in [6.07, 6.45) is 0. The average molecular weight is 152 g/mol. The topological polar surface area (TPSA) is 38.7 Å². The standard InChI is InChI=1S/C8H8O3/c9-7-2-1-3-8-6(7)4-10-5-11-8/h1-3,9H,4-5H2. The third-order valence-electron chi connectivity index (χ3n) is 1.65. The molecule has 0 fully saturated rings. The van der Waals surface area contributed by atoms with E-state index in [1.165, 1.54) is 0 Å². The van der Waals surface area contributed by atoms with Crippen LogP contribution in [0.1, 0.15) is 5.56 Å². The van der Waals surface area contributed by atoms with Crippen LogP contribution < -0.4 is 4.74 Å². The maximum atomic E-state index is 9.30. The summed E-state index contributed by atoms with van der Waals surface area (Å²) in [6.45, 7) is 0.707. The number of ether oxygens (including phenoxy) is 2. The number of fused-ring (bicyclic) bond motifs is 1. The molecule has 1 N–H and O–H groups in total. The van der Waals surface area contributed by atoms with Gasteiger partial charge in [-0.05, 0) is 12.1 Å². The molecule has 1 aromatic carbocycles. The molecule has 0 spiro atoms. The molecule has 3 heteroatoms. The van der Waals surface area contributed by atoms with Gasteiger partial charge in [-0.2, -0.15) is 0 Å². The molecule has 0 amide bonds. The second kappa shape index (κ2) is 2.43. The van der Waals surface area contributed by atoms with Crippen LogP contribution in [0.3, 0.4) is 0 Å². The Morgan fingerprint density at radius 2 is 2.27 bits per heavy atom. The van der Waals surface area contributed by atoms with E-state index in [9.17, 15) is 5.11 Å². The maximum Gasteiger partial charge on any atom is 0.189 e. The number of rotatable bonds is 0. The zero-order chi connectivity index (χ0) is 7.68. The van der Waals surface area contributed by atoms with Crippen LogP contribution >= 0.6 is 0 Å². The molecular weight excluding hydrogens is 144 g/mol. The van der Waals surface area contributed by atoms with E-state index in [4.69, 9.17) is 9.47 Å². The quantitative estimate of drug-likeness (QED) is 0.608. The minimum Gasteiger partial charge on any atom is -0.507 e. The van der Waals surface area contributed by atoms with Crippen LogP contribution in [0.15, 0.2) is 18.2 Å². The van der Waals surface area contributed by atoms with Crippen molar-refractivity contribution >= 4 is 0 Å². The van der Waals surface area contributed by atoms with Crippen molar-refractivity contribution in [3.05, 3.63) is 23.8 Å². The molecule has 1 heterocycles. The highest BCUT2D eigenvalue weighted by Crippen LogP contribution is 2.30. The summed E-state index contributed by atoms with van der Waals surface area (Å²) >= 11 is 0. The van der Waals surface area contributed by atoms with Crippen molar-refractivity contribution in [2.75, 3.05) is 6.79 Å². The normalized spacial score (nSPS) is 15.3. The molecule has 0 saturated carbocycles. The number of hydrogen-bond donors (Lipinski definition) is 1. The highest BCUT2D eigenvalue weighted by molar-refractivity contribution is 5.43. The van der Waals surface area contributed by atoms with Crippen molar-refractivity contribution in [1.82, 2.24) is 0 Å². The summed E-state index contributed by atoms with van der Waals surface area (Å²) in [6, 6.07) is 5.19. The summed E-state index contributed by atoms with van der Waals surface area (Å²) in [5.41, 5.74) is 0.735. The van der Waals surface area contributed by atoms with Gasteiger partial charge in [0.15, 0.2) is 6.79 Å². The summed E-state index contributed by atoms with van der Waals surface area (Å²) in [5, 5.41) is 9.30. The van der Waals surface area contributed by atoms with Gasteiger partial charge in [0.1, 0.15) is 11.5 Å². The molecule has 0 unspecified atom stereocenters. The highest BCUT2D eigenvalue weighted by atomic mass is 16.7. The van der Waals surface area contributed by atoms with Crippen molar-refractivity contribution in [3.63, 3.8) is 0 Å². The molecule has 0 bridgehead atoms. The molecule has 0 aromatic heterocycles. The highest BCUT2D eigenvalue weighted by Gasteiger charge is 2.12. The Hall–Kier alpha value is -1.22. The van der Waals surface area contributed by atoms with Gasteiger partial charge in [0.25, 0.3) is 0 Å². The summed E-state index contributed by atoms with van der Waals surface area (Å²) in [5.74, 6) is 0.957. The first kappa shape index (κ1) is 6.49. The largest absolute Gasteiger partial charge is 0.507 e. The van der Waals surface area contributed by atoms with E-state index in [1.54, 1.807) is 12.1 Å². The number of aromatic hydroxyl groups is 1. The zero-order valence-corrected chi connectivity index (χ0v) is 5.91. The number of hydrogen-bond acceptors (Lipinski definition) is 3. The van der Waals surface area contributed by atoms with Crippen LogP contribution in [0.25, 0.3) is 0 Å². The van der Waals surface area contributed by atoms with E-state index in [2.05, 4.69) is 0 Å². The van der Waals surface area contributed by atoms with Crippen molar-refractivity contribution in [3.8, 4) is 11.5 Å². The number of phenolic OH excluding ortho intramolecular Hbond substituents is 1. The predicted molar refractivity (Wildman–Crippen MR) is 38.4 cm³/mol. The minimum absolute atomic E-state index is 0.238. The Morgan fingerprint density at radius 3 is 3.09 bits per heavy atom. The summed E-state index contributed by atoms with van der Waals surface area (Å²) in [4.78, 5) is 0. The average Bonchev–Trinajstić information content (AvgIpc) is 2.06. The first-order valence-electron chi connectivity index (χ1n) is 3.39. The Bertz CT molecular complexity index is 270. The maximum absolute atomic E-state index is 9.30. The fourth-order valence-corrected chi connectivity index (χ4v) is 1.08.